The van der Waals surface area contributed by atoms with Gasteiger partial charge in [-0.1, -0.05) is 0 Å². The fraction of sp³-hybridized carbons (Fsp3) is 0.417. The van der Waals surface area contributed by atoms with Crippen LogP contribution in [-0.2, 0) is 0 Å². The molecule has 2 rings (SSSR count). The number of rotatable bonds is 3. The van der Waals surface area contributed by atoms with E-state index < -0.39 is 11.0 Å². The molecule has 6 heteroatoms. The van der Waals surface area contributed by atoms with Crippen molar-refractivity contribution >= 4 is 17.2 Å². The largest absolute Gasteiger partial charge is 0.391 e. The number of hydrogen-bond donors (Lipinski definition) is 1. The summed E-state index contributed by atoms with van der Waals surface area (Å²) < 4.78 is 0. The average molecular weight is 250 g/mol. The summed E-state index contributed by atoms with van der Waals surface area (Å²) in [6, 6.07) is 4.25. The fourth-order valence-electron chi connectivity index (χ4n) is 2.16. The van der Waals surface area contributed by atoms with Gasteiger partial charge in [-0.3, -0.25) is 14.9 Å². The predicted octanol–water partition coefficient (Wildman–Crippen LogP) is 1.37. The first-order valence-corrected chi connectivity index (χ1v) is 5.71. The molecule has 96 valence electrons. The molecule has 1 atom stereocenters. The topological polar surface area (TPSA) is 83.7 Å². The molecule has 0 aromatic heterocycles. The molecule has 1 aromatic carbocycles. The van der Waals surface area contributed by atoms with Gasteiger partial charge in [-0.15, -0.1) is 0 Å². The average Bonchev–Trinajstić information content (AvgIpc) is 2.74. The van der Waals surface area contributed by atoms with Crippen LogP contribution in [0.4, 0.5) is 11.4 Å². The lowest BCUT2D eigenvalue weighted by Crippen LogP contribution is -2.23. The highest BCUT2D eigenvalue weighted by Crippen LogP contribution is 2.28. The third-order valence-corrected chi connectivity index (χ3v) is 3.07. The summed E-state index contributed by atoms with van der Waals surface area (Å²) in [5, 5.41) is 20.2. The Balaban J connectivity index is 2.41. The van der Waals surface area contributed by atoms with Crippen LogP contribution in [0.25, 0.3) is 0 Å². The smallest absolute Gasteiger partial charge is 0.270 e. The summed E-state index contributed by atoms with van der Waals surface area (Å²) in [7, 11) is 0. The molecule has 6 nitrogen and oxygen atoms in total. The molecule has 0 spiro atoms. The van der Waals surface area contributed by atoms with Gasteiger partial charge in [0.2, 0.25) is 0 Å². The van der Waals surface area contributed by atoms with Crippen molar-refractivity contribution in [1.29, 1.82) is 0 Å². The highest BCUT2D eigenvalue weighted by atomic mass is 16.6. The third-order valence-electron chi connectivity index (χ3n) is 3.07. The van der Waals surface area contributed by atoms with Crippen molar-refractivity contribution < 1.29 is 14.8 Å². The molecule has 0 amide bonds. The number of aliphatic hydroxyl groups excluding tert-OH is 1. The van der Waals surface area contributed by atoms with E-state index in [9.17, 15) is 20.0 Å². The minimum atomic E-state index is -0.519. The third kappa shape index (κ3) is 2.33. The number of carbonyl (C=O) groups excluding carboxylic acids is 1. The van der Waals surface area contributed by atoms with Crippen LogP contribution >= 0.6 is 0 Å². The zero-order chi connectivity index (χ0) is 13.3. The first-order chi connectivity index (χ1) is 8.49. The van der Waals surface area contributed by atoms with E-state index in [1.54, 1.807) is 6.07 Å². The van der Waals surface area contributed by atoms with Gasteiger partial charge < -0.3 is 10.0 Å². The number of nitrogens with zero attached hydrogens (tertiary/aromatic N) is 2. The summed E-state index contributed by atoms with van der Waals surface area (Å²) in [4.78, 5) is 23.6. The zero-order valence-electron chi connectivity index (χ0n) is 10.00. The number of anilines is 1. The van der Waals surface area contributed by atoms with E-state index in [2.05, 4.69) is 0 Å². The van der Waals surface area contributed by atoms with Crippen molar-refractivity contribution in [3.8, 4) is 0 Å². The molecule has 1 aromatic rings. The van der Waals surface area contributed by atoms with Crippen molar-refractivity contribution in [2.75, 3.05) is 18.0 Å². The molecule has 0 bridgehead atoms. The van der Waals surface area contributed by atoms with Gasteiger partial charge in [0.1, 0.15) is 0 Å². The second-order valence-corrected chi connectivity index (χ2v) is 4.40. The number of β-amino-alcohol motifs (C(OH)–C–C–N with tert-alkyl or cyclic N) is 1. The lowest BCUT2D eigenvalue weighted by atomic mass is 10.1. The van der Waals surface area contributed by atoms with Gasteiger partial charge in [-0.05, 0) is 19.4 Å². The van der Waals surface area contributed by atoms with E-state index in [4.69, 9.17) is 0 Å². The first-order valence-electron chi connectivity index (χ1n) is 5.71. The number of carbonyl (C=O) groups is 1. The van der Waals surface area contributed by atoms with E-state index in [0.717, 1.165) is 0 Å². The van der Waals surface area contributed by atoms with E-state index >= 15 is 0 Å². The number of benzene rings is 1. The van der Waals surface area contributed by atoms with Crippen LogP contribution < -0.4 is 4.90 Å². The lowest BCUT2D eigenvalue weighted by Gasteiger charge is -2.20. The van der Waals surface area contributed by atoms with Crippen molar-refractivity contribution in [3.05, 3.63) is 33.9 Å². The van der Waals surface area contributed by atoms with Crippen molar-refractivity contribution in [3.63, 3.8) is 0 Å². The number of nitro groups is 1. The lowest BCUT2D eigenvalue weighted by molar-refractivity contribution is -0.384. The molecule has 0 aliphatic carbocycles. The van der Waals surface area contributed by atoms with E-state index in [0.29, 0.717) is 30.8 Å². The van der Waals surface area contributed by atoms with Crippen LogP contribution in [0.15, 0.2) is 18.2 Å². The Bertz CT molecular complexity index is 501. The van der Waals surface area contributed by atoms with Crippen molar-refractivity contribution in [2.24, 2.45) is 0 Å². The van der Waals surface area contributed by atoms with Gasteiger partial charge in [0.25, 0.3) is 5.69 Å². The molecule has 0 saturated carbocycles. The summed E-state index contributed by atoms with van der Waals surface area (Å²) in [6.45, 7) is 2.49. The van der Waals surface area contributed by atoms with Gasteiger partial charge in [0.05, 0.1) is 11.0 Å². The quantitative estimate of drug-likeness (QED) is 0.497. The Morgan fingerprint density at radius 3 is 2.78 bits per heavy atom. The zero-order valence-corrected chi connectivity index (χ0v) is 10.00. The van der Waals surface area contributed by atoms with Crippen LogP contribution in [0, 0.1) is 10.1 Å². The van der Waals surface area contributed by atoms with Crippen LogP contribution in [0.1, 0.15) is 23.7 Å². The van der Waals surface area contributed by atoms with Crippen molar-refractivity contribution in [1.82, 2.24) is 0 Å². The minimum Gasteiger partial charge on any atom is -0.391 e. The minimum absolute atomic E-state index is 0.0938. The monoisotopic (exact) mass is 250 g/mol. The molecule has 1 fully saturated rings. The molecule has 1 unspecified atom stereocenters. The van der Waals surface area contributed by atoms with Gasteiger partial charge in [0, 0.05) is 36.5 Å². The number of aliphatic hydroxyl groups is 1. The van der Waals surface area contributed by atoms with Crippen LogP contribution in [0.2, 0.25) is 0 Å². The highest BCUT2D eigenvalue weighted by Gasteiger charge is 2.24. The molecular formula is C12H14N2O4. The SMILES string of the molecule is CC(=O)c1cc([N+](=O)[O-])ccc1N1CCC(O)C1. The standard InChI is InChI=1S/C12H14N2O4/c1-8(15)11-6-9(14(17)18)2-3-12(11)13-5-4-10(16)7-13/h2-3,6,10,16H,4-5,7H2,1H3. The maximum absolute atomic E-state index is 11.6. The van der Waals surface area contributed by atoms with Crippen LogP contribution in [-0.4, -0.2) is 35.0 Å². The molecule has 0 radical (unpaired) electrons. The Kier molecular flexibility index (Phi) is 3.29. The van der Waals surface area contributed by atoms with E-state index in [-0.39, 0.29) is 11.5 Å². The van der Waals surface area contributed by atoms with Gasteiger partial charge in [0.15, 0.2) is 5.78 Å². The normalized spacial score (nSPS) is 19.0. The highest BCUT2D eigenvalue weighted by molar-refractivity contribution is 6.00. The maximum atomic E-state index is 11.6. The van der Waals surface area contributed by atoms with E-state index in [1.807, 2.05) is 4.90 Å². The van der Waals surface area contributed by atoms with E-state index in [1.165, 1.54) is 19.1 Å². The number of Topliss-reactive ketones (excluding diaryl/α,β-unsaturated/α-hetero) is 1. The maximum Gasteiger partial charge on any atom is 0.270 e. The molecule has 1 heterocycles. The van der Waals surface area contributed by atoms with Crippen LogP contribution in [0.5, 0.6) is 0 Å². The summed E-state index contributed by atoms with van der Waals surface area (Å²) in [5.74, 6) is -0.213. The first kappa shape index (κ1) is 12.5. The van der Waals surface area contributed by atoms with Crippen molar-refractivity contribution in [2.45, 2.75) is 19.4 Å². The Hall–Kier alpha value is -1.95. The Morgan fingerprint density at radius 2 is 2.28 bits per heavy atom. The number of ketones is 1. The second-order valence-electron chi connectivity index (χ2n) is 4.40. The molecule has 1 aliphatic rings. The summed E-state index contributed by atoms with van der Waals surface area (Å²) >= 11 is 0. The molecule has 1 N–H and O–H groups in total. The Morgan fingerprint density at radius 1 is 1.56 bits per heavy atom. The Labute approximate surface area is 104 Å². The van der Waals surface area contributed by atoms with Gasteiger partial charge in [-0.25, -0.2) is 0 Å². The number of non-ortho nitro benzene ring substituents is 1. The number of hydrogen-bond acceptors (Lipinski definition) is 5. The van der Waals surface area contributed by atoms with Gasteiger partial charge >= 0.3 is 0 Å². The molecule has 1 saturated heterocycles. The second kappa shape index (κ2) is 4.73. The predicted molar refractivity (Wildman–Crippen MR) is 65.9 cm³/mol. The van der Waals surface area contributed by atoms with Gasteiger partial charge in [-0.2, -0.15) is 0 Å². The molecular weight excluding hydrogens is 236 g/mol. The van der Waals surface area contributed by atoms with Crippen LogP contribution in [0.3, 0.4) is 0 Å². The number of nitro benzene ring substituents is 1. The summed E-state index contributed by atoms with van der Waals surface area (Å²) in [6.07, 6.45) is 0.244. The molecule has 18 heavy (non-hydrogen) atoms. The molecule has 1 aliphatic heterocycles. The fourth-order valence-corrected chi connectivity index (χ4v) is 2.16. The summed E-state index contributed by atoms with van der Waals surface area (Å²) in [5.41, 5.74) is 0.895.